The highest BCUT2D eigenvalue weighted by atomic mass is 19.4. The van der Waals surface area contributed by atoms with Crippen LogP contribution >= 0.6 is 0 Å². The Bertz CT molecular complexity index is 607. The van der Waals surface area contributed by atoms with Crippen molar-refractivity contribution in [3.8, 4) is 0 Å². The zero-order valence-corrected chi connectivity index (χ0v) is 14.3. The van der Waals surface area contributed by atoms with Crippen molar-refractivity contribution in [2.45, 2.75) is 54.0 Å². The van der Waals surface area contributed by atoms with Gasteiger partial charge in [-0.05, 0) is 0 Å². The first-order valence-corrected chi connectivity index (χ1v) is 7.28. The van der Waals surface area contributed by atoms with Gasteiger partial charge in [0.1, 0.15) is 6.61 Å². The summed E-state index contributed by atoms with van der Waals surface area (Å²) < 4.78 is 212. The van der Waals surface area contributed by atoms with Crippen molar-refractivity contribution >= 4 is 0 Å². The van der Waals surface area contributed by atoms with E-state index in [9.17, 15) is 70.2 Å². The summed E-state index contributed by atoms with van der Waals surface area (Å²) >= 11 is 0. The van der Waals surface area contributed by atoms with Gasteiger partial charge in [0, 0.05) is 6.54 Å². The summed E-state index contributed by atoms with van der Waals surface area (Å²) in [5, 5.41) is 8.80. The van der Waals surface area contributed by atoms with E-state index >= 15 is 0 Å². The molecule has 0 aliphatic heterocycles. The van der Waals surface area contributed by atoms with E-state index in [1.54, 1.807) is 0 Å². The Labute approximate surface area is 161 Å². The van der Waals surface area contributed by atoms with Crippen LogP contribution in [-0.4, -0.2) is 78.9 Å². The average Bonchev–Trinajstić information content (AvgIpc) is 2.59. The highest BCUT2D eigenvalue weighted by Gasteiger charge is 2.93. The predicted molar refractivity (Wildman–Crippen MR) is 66.5 cm³/mol. The normalized spacial score (nSPS) is 16.7. The van der Waals surface area contributed by atoms with Crippen molar-refractivity contribution in [3.63, 3.8) is 0 Å². The van der Waals surface area contributed by atoms with Gasteiger partial charge in [0.15, 0.2) is 0 Å². The van der Waals surface area contributed by atoms with Gasteiger partial charge < -0.3 is 15.6 Å². The van der Waals surface area contributed by atoms with Gasteiger partial charge in [-0.2, -0.15) is 61.5 Å². The van der Waals surface area contributed by atoms with Crippen LogP contribution in [0.1, 0.15) is 0 Å². The Kier molecular flexibility index (Phi) is 8.26. The van der Waals surface area contributed by atoms with E-state index in [0.29, 0.717) is 0 Å². The predicted octanol–water partition coefficient (Wildman–Crippen LogP) is 4.03. The molecule has 3 N–H and O–H groups in total. The fraction of sp³-hybridized carbons (Fsp3) is 1.00. The molecule has 0 aliphatic rings. The molecule has 31 heavy (non-hydrogen) atoms. The Hall–Kier alpha value is -1.24. The fourth-order valence-electron chi connectivity index (χ4n) is 1.65. The minimum absolute atomic E-state index is 0.782. The summed E-state index contributed by atoms with van der Waals surface area (Å²) in [5.41, 5.74) is 4.73. The quantitative estimate of drug-likeness (QED) is 0.394. The molecule has 0 radical (unpaired) electrons. The molecule has 0 amide bonds. The van der Waals surface area contributed by atoms with Crippen LogP contribution in [0.2, 0.25) is 0 Å². The van der Waals surface area contributed by atoms with Crippen LogP contribution in [0.15, 0.2) is 0 Å². The molecule has 19 heteroatoms. The first-order chi connectivity index (χ1) is 13.4. The van der Waals surface area contributed by atoms with Crippen LogP contribution in [0.3, 0.4) is 0 Å². The molecule has 0 heterocycles. The van der Waals surface area contributed by atoms with Crippen molar-refractivity contribution in [2.24, 2.45) is 5.73 Å². The number of alkyl halides is 16. The summed E-state index contributed by atoms with van der Waals surface area (Å²) in [6.45, 7) is -5.19. The molecular formula is C12H11F16NO2. The Balaban J connectivity index is 6.25. The van der Waals surface area contributed by atoms with Gasteiger partial charge in [-0.15, -0.1) is 0 Å². The van der Waals surface area contributed by atoms with Crippen molar-refractivity contribution in [1.82, 2.24) is 0 Å². The van der Waals surface area contributed by atoms with E-state index in [4.69, 9.17) is 10.8 Å². The lowest BCUT2D eigenvalue weighted by Gasteiger charge is -2.42. The Morgan fingerprint density at radius 3 is 1.35 bits per heavy atom. The molecule has 0 rings (SSSR count). The number of aliphatic hydroxyl groups excluding tert-OH is 1. The number of ether oxygens (including phenoxy) is 1. The molecule has 0 aliphatic carbocycles. The molecular weight excluding hydrogens is 494 g/mol. The van der Waals surface area contributed by atoms with Gasteiger partial charge in [0.25, 0.3) is 0 Å². The van der Waals surface area contributed by atoms with Crippen LogP contribution in [0.5, 0.6) is 0 Å². The third-order valence-electron chi connectivity index (χ3n) is 3.60. The van der Waals surface area contributed by atoms with Gasteiger partial charge in [-0.1, -0.05) is 0 Å². The Morgan fingerprint density at radius 1 is 0.645 bits per heavy atom. The van der Waals surface area contributed by atoms with Crippen LogP contribution < -0.4 is 5.73 Å². The average molecular weight is 505 g/mol. The maximum atomic E-state index is 13.4. The second-order valence-corrected chi connectivity index (χ2v) is 5.90. The van der Waals surface area contributed by atoms with Crippen LogP contribution in [-0.2, 0) is 4.74 Å². The minimum Gasteiger partial charge on any atom is -0.389 e. The zero-order chi connectivity index (χ0) is 25.5. The molecule has 0 saturated heterocycles. The van der Waals surface area contributed by atoms with Gasteiger partial charge in [0.2, 0.25) is 0 Å². The highest BCUT2D eigenvalue weighted by Crippen LogP contribution is 2.62. The van der Waals surface area contributed by atoms with E-state index in [1.165, 1.54) is 0 Å². The van der Waals surface area contributed by atoms with Crippen LogP contribution in [0.25, 0.3) is 0 Å². The van der Waals surface area contributed by atoms with Gasteiger partial charge in [-0.3, -0.25) is 0 Å². The Morgan fingerprint density at radius 2 is 1.00 bits per heavy atom. The maximum Gasteiger partial charge on any atom is 0.384 e. The smallest absolute Gasteiger partial charge is 0.384 e. The monoisotopic (exact) mass is 505 g/mol. The first-order valence-electron chi connectivity index (χ1n) is 7.28. The second kappa shape index (κ2) is 8.60. The number of aliphatic hydroxyl groups is 1. The van der Waals surface area contributed by atoms with E-state index in [0.717, 1.165) is 0 Å². The molecule has 0 aromatic carbocycles. The van der Waals surface area contributed by atoms with Gasteiger partial charge in [-0.25, -0.2) is 8.78 Å². The highest BCUT2D eigenvalue weighted by molar-refractivity contribution is 5.14. The SMILES string of the molecule is NC[C@@H](O)COCC(F)(F)C(F)(F)C(F)(F)C(F)(F)C(F)(F)C(F)(F)C(F)(F)C(F)F. The van der Waals surface area contributed by atoms with E-state index in [-0.39, 0.29) is 0 Å². The minimum atomic E-state index is -8.44. The topological polar surface area (TPSA) is 55.5 Å². The molecule has 0 bridgehead atoms. The standard InChI is InChI=1S/C12H11F16NO2/c13-5(14)7(17,18)9(21,22)11(25,26)12(27,28)10(23,24)8(19,20)6(15,16)3-31-2-4(30)1-29/h4-5,30H,1-3,29H2/t4-/m1/s1. The summed E-state index contributed by atoms with van der Waals surface area (Å²) in [6, 6.07) is 0. The van der Waals surface area contributed by atoms with Gasteiger partial charge >= 0.3 is 47.9 Å². The molecule has 0 fully saturated rings. The van der Waals surface area contributed by atoms with Crippen molar-refractivity contribution < 1.29 is 80.1 Å². The molecule has 188 valence electrons. The van der Waals surface area contributed by atoms with E-state index in [1.807, 2.05) is 0 Å². The summed E-state index contributed by atoms with van der Waals surface area (Å²) in [5.74, 6) is -54.9. The molecule has 1 atom stereocenters. The lowest BCUT2D eigenvalue weighted by molar-refractivity contribution is -0.448. The van der Waals surface area contributed by atoms with Crippen molar-refractivity contribution in [1.29, 1.82) is 0 Å². The first kappa shape index (κ1) is 29.8. The number of nitrogens with two attached hydrogens (primary N) is 1. The third kappa shape index (κ3) is 4.49. The summed E-state index contributed by atoms with van der Waals surface area (Å²) in [6.07, 6.45) is -7.77. The molecule has 0 aromatic rings. The molecule has 0 unspecified atom stereocenters. The van der Waals surface area contributed by atoms with Crippen LogP contribution in [0.4, 0.5) is 70.2 Å². The number of rotatable bonds is 12. The molecule has 0 saturated carbocycles. The van der Waals surface area contributed by atoms with Crippen molar-refractivity contribution in [3.05, 3.63) is 0 Å². The zero-order valence-electron chi connectivity index (χ0n) is 14.3. The van der Waals surface area contributed by atoms with E-state index < -0.39 is 73.7 Å². The molecule has 0 aromatic heterocycles. The number of hydrogen-bond donors (Lipinski definition) is 2. The third-order valence-corrected chi connectivity index (χ3v) is 3.60. The molecule has 0 spiro atoms. The van der Waals surface area contributed by atoms with Gasteiger partial charge in [0.05, 0.1) is 12.7 Å². The fourth-order valence-corrected chi connectivity index (χ4v) is 1.65. The van der Waals surface area contributed by atoms with E-state index in [2.05, 4.69) is 4.74 Å². The lowest BCUT2D eigenvalue weighted by Crippen LogP contribution is -2.74. The summed E-state index contributed by atoms with van der Waals surface area (Å²) in [7, 11) is 0. The molecule has 3 nitrogen and oxygen atoms in total. The largest absolute Gasteiger partial charge is 0.389 e. The van der Waals surface area contributed by atoms with Crippen molar-refractivity contribution in [2.75, 3.05) is 19.8 Å². The number of halogens is 16. The lowest BCUT2D eigenvalue weighted by atomic mass is 9.89. The number of hydrogen-bond acceptors (Lipinski definition) is 3. The summed E-state index contributed by atoms with van der Waals surface area (Å²) in [4.78, 5) is 0. The maximum absolute atomic E-state index is 13.4. The second-order valence-electron chi connectivity index (χ2n) is 5.90. The van der Waals surface area contributed by atoms with Crippen LogP contribution in [0, 0.1) is 0 Å².